The molecule has 0 aliphatic heterocycles. The predicted molar refractivity (Wildman–Crippen MR) is 62.6 cm³/mol. The number of hydrogen-bond acceptors (Lipinski definition) is 1. The van der Waals surface area contributed by atoms with Crippen LogP contribution in [-0.2, 0) is 4.79 Å². The average molecular weight is 213 g/mol. The molecule has 4 atom stereocenters. The summed E-state index contributed by atoms with van der Waals surface area (Å²) in [6.07, 6.45) is 5.51. The summed E-state index contributed by atoms with van der Waals surface area (Å²) in [5.74, 6) is 1.02. The maximum atomic E-state index is 11.6. The molecule has 2 N–H and O–H groups in total. The van der Waals surface area contributed by atoms with Gasteiger partial charge in [-0.1, -0.05) is 42.5 Å². The monoisotopic (exact) mass is 213 g/mol. The van der Waals surface area contributed by atoms with E-state index in [2.05, 4.69) is 24.3 Å². The minimum absolute atomic E-state index is 0.00241. The molecule has 82 valence electrons. The fraction of sp³-hybridized carbons (Fsp3) is 0.357. The quantitative estimate of drug-likeness (QED) is 0.751. The Balaban J connectivity index is 2.00. The SMILES string of the molecule is NC(=O)[C@@H]1[C@H](c2ccccc2)[C@@H]2C=C[C@H]1C2. The topological polar surface area (TPSA) is 43.1 Å². The molecule has 0 spiro atoms. The predicted octanol–water partition coefficient (Wildman–Crippen LogP) is 2.08. The number of primary amides is 1. The van der Waals surface area contributed by atoms with Gasteiger partial charge in [0.1, 0.15) is 0 Å². The van der Waals surface area contributed by atoms with E-state index in [9.17, 15) is 4.79 Å². The Labute approximate surface area is 95.2 Å². The number of allylic oxidation sites excluding steroid dienone is 2. The van der Waals surface area contributed by atoms with E-state index in [0.29, 0.717) is 17.8 Å². The molecule has 2 aliphatic carbocycles. The van der Waals surface area contributed by atoms with Crippen LogP contribution in [-0.4, -0.2) is 5.91 Å². The Kier molecular flexibility index (Phi) is 2.10. The molecule has 1 saturated carbocycles. The molecule has 1 aromatic rings. The lowest BCUT2D eigenvalue weighted by Crippen LogP contribution is -2.31. The van der Waals surface area contributed by atoms with Crippen LogP contribution in [0, 0.1) is 17.8 Å². The fourth-order valence-electron chi connectivity index (χ4n) is 3.34. The molecule has 2 aliphatic rings. The molecule has 0 aromatic heterocycles. The van der Waals surface area contributed by atoms with E-state index < -0.39 is 0 Å². The lowest BCUT2D eigenvalue weighted by Gasteiger charge is -2.25. The summed E-state index contributed by atoms with van der Waals surface area (Å²) in [5, 5.41) is 0. The van der Waals surface area contributed by atoms with Gasteiger partial charge < -0.3 is 5.73 Å². The van der Waals surface area contributed by atoms with Crippen LogP contribution in [0.2, 0.25) is 0 Å². The number of fused-ring (bicyclic) bond motifs is 2. The minimum Gasteiger partial charge on any atom is -0.369 e. The molecule has 1 aromatic carbocycles. The van der Waals surface area contributed by atoms with E-state index in [1.807, 2.05) is 18.2 Å². The molecule has 0 heterocycles. The summed E-state index contributed by atoms with van der Waals surface area (Å²) < 4.78 is 0. The van der Waals surface area contributed by atoms with Crippen molar-refractivity contribution in [1.82, 2.24) is 0 Å². The molecule has 3 rings (SSSR count). The number of rotatable bonds is 2. The first kappa shape index (κ1) is 9.64. The van der Waals surface area contributed by atoms with Crippen LogP contribution in [0.25, 0.3) is 0 Å². The maximum absolute atomic E-state index is 11.6. The second-order valence-corrected chi connectivity index (χ2v) is 4.81. The van der Waals surface area contributed by atoms with Crippen molar-refractivity contribution >= 4 is 5.91 Å². The Hall–Kier alpha value is -1.57. The van der Waals surface area contributed by atoms with E-state index in [0.717, 1.165) is 6.42 Å². The molecule has 16 heavy (non-hydrogen) atoms. The highest BCUT2D eigenvalue weighted by Gasteiger charge is 2.47. The highest BCUT2D eigenvalue weighted by molar-refractivity contribution is 5.79. The van der Waals surface area contributed by atoms with Crippen molar-refractivity contribution in [2.45, 2.75) is 12.3 Å². The first-order valence-electron chi connectivity index (χ1n) is 5.80. The number of amides is 1. The van der Waals surface area contributed by atoms with Crippen molar-refractivity contribution in [2.24, 2.45) is 23.5 Å². The summed E-state index contributed by atoms with van der Waals surface area (Å²) in [6, 6.07) is 10.3. The maximum Gasteiger partial charge on any atom is 0.221 e. The molecule has 2 nitrogen and oxygen atoms in total. The van der Waals surface area contributed by atoms with Gasteiger partial charge in [-0.3, -0.25) is 4.79 Å². The molecule has 0 unspecified atom stereocenters. The standard InChI is InChI=1S/C14H15NO/c15-14(16)13-11-7-6-10(8-11)12(13)9-4-2-1-3-5-9/h1-7,10-13H,8H2,(H2,15,16)/t10-,11+,12-,13+/m1/s1. The van der Waals surface area contributed by atoms with Gasteiger partial charge in [0.25, 0.3) is 0 Å². The van der Waals surface area contributed by atoms with E-state index >= 15 is 0 Å². The van der Waals surface area contributed by atoms with Crippen LogP contribution in [0.1, 0.15) is 17.9 Å². The molecular weight excluding hydrogens is 198 g/mol. The van der Waals surface area contributed by atoms with Gasteiger partial charge in [0.15, 0.2) is 0 Å². The molecule has 1 fully saturated rings. The van der Waals surface area contributed by atoms with Crippen LogP contribution < -0.4 is 5.73 Å². The van der Waals surface area contributed by atoms with Gasteiger partial charge in [-0.15, -0.1) is 0 Å². The number of nitrogens with two attached hydrogens (primary N) is 1. The fourth-order valence-corrected chi connectivity index (χ4v) is 3.34. The first-order valence-corrected chi connectivity index (χ1v) is 5.80. The molecule has 1 amide bonds. The molecule has 0 saturated heterocycles. The zero-order valence-corrected chi connectivity index (χ0v) is 9.04. The summed E-state index contributed by atoms with van der Waals surface area (Å²) in [7, 11) is 0. The number of benzene rings is 1. The van der Waals surface area contributed by atoms with Gasteiger partial charge >= 0.3 is 0 Å². The third kappa shape index (κ3) is 1.29. The summed E-state index contributed by atoms with van der Waals surface area (Å²) >= 11 is 0. The van der Waals surface area contributed by atoms with E-state index in [-0.39, 0.29) is 11.8 Å². The molecule has 2 bridgehead atoms. The molecule has 2 heteroatoms. The first-order chi connectivity index (χ1) is 7.77. The van der Waals surface area contributed by atoms with Crippen molar-refractivity contribution in [3.05, 3.63) is 48.0 Å². The smallest absolute Gasteiger partial charge is 0.221 e. The Morgan fingerprint density at radius 3 is 2.50 bits per heavy atom. The highest BCUT2D eigenvalue weighted by Crippen LogP contribution is 2.52. The van der Waals surface area contributed by atoms with Crippen LogP contribution in [0.15, 0.2) is 42.5 Å². The third-order valence-corrected chi connectivity index (χ3v) is 3.97. The second-order valence-electron chi connectivity index (χ2n) is 4.81. The lowest BCUT2D eigenvalue weighted by molar-refractivity contribution is -0.123. The van der Waals surface area contributed by atoms with Crippen LogP contribution in [0.5, 0.6) is 0 Å². The van der Waals surface area contributed by atoms with Gasteiger partial charge in [-0.2, -0.15) is 0 Å². The largest absolute Gasteiger partial charge is 0.369 e. The van der Waals surface area contributed by atoms with Crippen LogP contribution >= 0.6 is 0 Å². The van der Waals surface area contributed by atoms with Gasteiger partial charge in [-0.05, 0) is 23.8 Å². The zero-order valence-electron chi connectivity index (χ0n) is 9.04. The third-order valence-electron chi connectivity index (χ3n) is 3.97. The number of carbonyl (C=O) groups is 1. The van der Waals surface area contributed by atoms with E-state index in [1.165, 1.54) is 5.56 Å². The van der Waals surface area contributed by atoms with Crippen molar-refractivity contribution in [2.75, 3.05) is 0 Å². The van der Waals surface area contributed by atoms with Gasteiger partial charge in [-0.25, -0.2) is 0 Å². The van der Waals surface area contributed by atoms with Crippen molar-refractivity contribution in [1.29, 1.82) is 0 Å². The summed E-state index contributed by atoms with van der Waals surface area (Å²) in [5.41, 5.74) is 6.79. The number of hydrogen-bond donors (Lipinski definition) is 1. The average Bonchev–Trinajstić information content (AvgIpc) is 2.89. The Morgan fingerprint density at radius 2 is 1.81 bits per heavy atom. The normalized spacial score (nSPS) is 35.5. The van der Waals surface area contributed by atoms with Crippen LogP contribution in [0.3, 0.4) is 0 Å². The Morgan fingerprint density at radius 1 is 1.12 bits per heavy atom. The molecule has 0 radical (unpaired) electrons. The van der Waals surface area contributed by atoms with E-state index in [1.54, 1.807) is 0 Å². The minimum atomic E-state index is -0.147. The second kappa shape index (κ2) is 3.48. The number of carbonyl (C=O) groups excluding carboxylic acids is 1. The van der Waals surface area contributed by atoms with Crippen molar-refractivity contribution in [3.8, 4) is 0 Å². The van der Waals surface area contributed by atoms with Crippen molar-refractivity contribution in [3.63, 3.8) is 0 Å². The Bertz CT molecular complexity index is 437. The van der Waals surface area contributed by atoms with Gasteiger partial charge in [0, 0.05) is 5.92 Å². The van der Waals surface area contributed by atoms with Crippen LogP contribution in [0.4, 0.5) is 0 Å². The molecular formula is C14H15NO. The lowest BCUT2D eigenvalue weighted by atomic mass is 9.78. The highest BCUT2D eigenvalue weighted by atomic mass is 16.1. The summed E-state index contributed by atoms with van der Waals surface area (Å²) in [4.78, 5) is 11.6. The van der Waals surface area contributed by atoms with Crippen molar-refractivity contribution < 1.29 is 4.79 Å². The summed E-state index contributed by atoms with van der Waals surface area (Å²) in [6.45, 7) is 0. The van der Waals surface area contributed by atoms with E-state index in [4.69, 9.17) is 5.73 Å². The zero-order chi connectivity index (χ0) is 11.1. The van der Waals surface area contributed by atoms with Gasteiger partial charge in [0.2, 0.25) is 5.91 Å². The van der Waals surface area contributed by atoms with Gasteiger partial charge in [0.05, 0.1) is 5.92 Å².